The molecule has 8 heteroatoms. The van der Waals surface area contributed by atoms with Crippen molar-refractivity contribution in [1.29, 1.82) is 0 Å². The molecule has 2 aromatic heterocycles. The lowest BCUT2D eigenvalue weighted by molar-refractivity contribution is -0.133. The summed E-state index contributed by atoms with van der Waals surface area (Å²) in [5.74, 6) is 1.85. The predicted octanol–water partition coefficient (Wildman–Crippen LogP) is 1.44. The van der Waals surface area contributed by atoms with Crippen LogP contribution in [0.15, 0.2) is 18.6 Å². The van der Waals surface area contributed by atoms with E-state index < -0.39 is 0 Å². The number of hydrogen-bond donors (Lipinski definition) is 0. The number of likely N-dealkylation sites (N-methyl/N-ethyl adjacent to an activating group) is 1. The fourth-order valence-electron chi connectivity index (χ4n) is 3.68. The molecule has 0 aliphatic carbocycles. The van der Waals surface area contributed by atoms with E-state index in [4.69, 9.17) is 0 Å². The molecular formula is C19H27N7O. The van der Waals surface area contributed by atoms with Crippen LogP contribution < -0.4 is 4.90 Å². The van der Waals surface area contributed by atoms with E-state index in [0.717, 1.165) is 36.0 Å². The molecule has 2 aliphatic rings. The van der Waals surface area contributed by atoms with Crippen molar-refractivity contribution >= 4 is 11.7 Å². The van der Waals surface area contributed by atoms with Gasteiger partial charge in [0.25, 0.3) is 0 Å². The van der Waals surface area contributed by atoms with Gasteiger partial charge in [-0.1, -0.05) is 0 Å². The second-order valence-electron chi connectivity index (χ2n) is 7.69. The largest absolute Gasteiger partial charge is 0.356 e. The smallest absolute Gasteiger partial charge is 0.237 e. The molecule has 0 saturated carbocycles. The van der Waals surface area contributed by atoms with E-state index in [9.17, 15) is 4.79 Å². The lowest BCUT2D eigenvalue weighted by atomic mass is 10.2. The second-order valence-corrected chi connectivity index (χ2v) is 7.69. The molecule has 0 N–H and O–H groups in total. The Bertz CT molecular complexity index is 825. The summed E-state index contributed by atoms with van der Waals surface area (Å²) in [7, 11) is 1.98. The van der Waals surface area contributed by atoms with Crippen LogP contribution >= 0.6 is 0 Å². The van der Waals surface area contributed by atoms with E-state index in [-0.39, 0.29) is 5.91 Å². The molecule has 1 saturated heterocycles. The van der Waals surface area contributed by atoms with Crippen LogP contribution in [0.1, 0.15) is 37.9 Å². The zero-order valence-electron chi connectivity index (χ0n) is 16.3. The number of aromatic nitrogens is 4. The third kappa shape index (κ3) is 3.41. The first kappa shape index (κ1) is 17.9. The third-order valence-corrected chi connectivity index (χ3v) is 5.55. The SMILES string of the molecule is CC(C)N(C)CC(=O)N1Cc2c(N3CCCC3)ncnc2-n2nccc2C1. The van der Waals surface area contributed by atoms with Gasteiger partial charge in [-0.15, -0.1) is 0 Å². The van der Waals surface area contributed by atoms with Gasteiger partial charge in [0.15, 0.2) is 5.82 Å². The highest BCUT2D eigenvalue weighted by Gasteiger charge is 2.29. The topological polar surface area (TPSA) is 70.4 Å². The molecule has 4 rings (SSSR count). The summed E-state index contributed by atoms with van der Waals surface area (Å²) in [6.07, 6.45) is 5.73. The highest BCUT2D eigenvalue weighted by atomic mass is 16.2. The molecule has 0 aromatic carbocycles. The zero-order valence-corrected chi connectivity index (χ0v) is 16.3. The first-order valence-electron chi connectivity index (χ1n) is 9.64. The van der Waals surface area contributed by atoms with Gasteiger partial charge in [-0.3, -0.25) is 9.69 Å². The molecule has 144 valence electrons. The summed E-state index contributed by atoms with van der Waals surface area (Å²) in [4.78, 5) is 28.4. The first-order chi connectivity index (χ1) is 13.0. The second kappa shape index (κ2) is 7.26. The average Bonchev–Trinajstić information content (AvgIpc) is 3.30. The predicted molar refractivity (Wildman–Crippen MR) is 103 cm³/mol. The number of carbonyl (C=O) groups excluding carboxylic acids is 1. The first-order valence-corrected chi connectivity index (χ1v) is 9.64. The molecule has 1 fully saturated rings. The summed E-state index contributed by atoms with van der Waals surface area (Å²) in [5.41, 5.74) is 1.96. The van der Waals surface area contributed by atoms with E-state index in [1.54, 1.807) is 12.5 Å². The van der Waals surface area contributed by atoms with Gasteiger partial charge >= 0.3 is 0 Å². The van der Waals surface area contributed by atoms with E-state index in [2.05, 4.69) is 38.7 Å². The Morgan fingerprint density at radius 2 is 1.93 bits per heavy atom. The maximum Gasteiger partial charge on any atom is 0.237 e. The molecule has 0 bridgehead atoms. The Hall–Kier alpha value is -2.48. The Balaban J connectivity index is 1.71. The lowest BCUT2D eigenvalue weighted by Gasteiger charge is -2.27. The molecule has 0 spiro atoms. The summed E-state index contributed by atoms with van der Waals surface area (Å²) >= 11 is 0. The van der Waals surface area contributed by atoms with Gasteiger partial charge in [0.2, 0.25) is 5.91 Å². The number of amides is 1. The van der Waals surface area contributed by atoms with Crippen LogP contribution in [0, 0.1) is 0 Å². The number of nitrogens with zero attached hydrogens (tertiary/aromatic N) is 7. The van der Waals surface area contributed by atoms with Crippen LogP contribution in [0.5, 0.6) is 0 Å². The Morgan fingerprint density at radius 1 is 1.19 bits per heavy atom. The molecular weight excluding hydrogens is 342 g/mol. The number of carbonyl (C=O) groups is 1. The summed E-state index contributed by atoms with van der Waals surface area (Å²) in [6.45, 7) is 7.63. The standard InChI is InChI=1S/C19H27N7O/c1-14(2)23(3)12-17(27)25-10-15-6-7-22-26(15)19-16(11-25)18(20-13-21-19)24-8-4-5-9-24/h6-7,13-14H,4-5,8-12H2,1-3H3. The summed E-state index contributed by atoms with van der Waals surface area (Å²) in [5, 5.41) is 4.47. The number of rotatable bonds is 4. The van der Waals surface area contributed by atoms with Gasteiger partial charge in [0.1, 0.15) is 12.1 Å². The Kier molecular flexibility index (Phi) is 4.82. The van der Waals surface area contributed by atoms with Crippen LogP contribution in [-0.4, -0.2) is 68.2 Å². The minimum absolute atomic E-state index is 0.114. The van der Waals surface area contributed by atoms with Gasteiger partial charge in [0, 0.05) is 25.3 Å². The monoisotopic (exact) mass is 369 g/mol. The maximum absolute atomic E-state index is 13.0. The molecule has 0 radical (unpaired) electrons. The van der Waals surface area contributed by atoms with Gasteiger partial charge < -0.3 is 9.80 Å². The minimum Gasteiger partial charge on any atom is -0.356 e. The fraction of sp³-hybridized carbons (Fsp3) is 0.579. The van der Waals surface area contributed by atoms with Gasteiger partial charge in [-0.25, -0.2) is 14.6 Å². The van der Waals surface area contributed by atoms with Crippen LogP contribution in [0.4, 0.5) is 5.82 Å². The summed E-state index contributed by atoms with van der Waals surface area (Å²) in [6, 6.07) is 2.28. The van der Waals surface area contributed by atoms with Gasteiger partial charge in [-0.2, -0.15) is 5.10 Å². The molecule has 4 heterocycles. The van der Waals surface area contributed by atoms with Crippen LogP contribution in [0.25, 0.3) is 5.82 Å². The molecule has 2 aliphatic heterocycles. The zero-order chi connectivity index (χ0) is 19.0. The third-order valence-electron chi connectivity index (χ3n) is 5.55. The van der Waals surface area contributed by atoms with Crippen molar-refractivity contribution < 1.29 is 4.79 Å². The normalized spacial score (nSPS) is 16.6. The van der Waals surface area contributed by atoms with Crippen molar-refractivity contribution in [3.8, 4) is 5.82 Å². The maximum atomic E-state index is 13.0. The molecule has 8 nitrogen and oxygen atoms in total. The van der Waals surface area contributed by atoms with E-state index in [1.807, 2.05) is 22.7 Å². The number of fused-ring (bicyclic) bond motifs is 3. The molecule has 0 unspecified atom stereocenters. The van der Waals surface area contributed by atoms with Crippen molar-refractivity contribution in [3.05, 3.63) is 29.8 Å². The van der Waals surface area contributed by atoms with Crippen molar-refractivity contribution in [2.45, 2.75) is 45.8 Å². The number of hydrogen-bond acceptors (Lipinski definition) is 6. The molecule has 27 heavy (non-hydrogen) atoms. The Morgan fingerprint density at radius 3 is 2.67 bits per heavy atom. The highest BCUT2D eigenvalue weighted by molar-refractivity contribution is 5.79. The van der Waals surface area contributed by atoms with Crippen LogP contribution in [0.3, 0.4) is 0 Å². The van der Waals surface area contributed by atoms with Gasteiger partial charge in [0.05, 0.1) is 30.9 Å². The van der Waals surface area contributed by atoms with Crippen molar-refractivity contribution in [2.75, 3.05) is 31.6 Å². The molecule has 2 aromatic rings. The van der Waals surface area contributed by atoms with Crippen molar-refractivity contribution in [3.63, 3.8) is 0 Å². The summed E-state index contributed by atoms with van der Waals surface area (Å²) < 4.78 is 1.86. The van der Waals surface area contributed by atoms with Crippen molar-refractivity contribution in [1.82, 2.24) is 29.5 Å². The molecule has 0 atom stereocenters. The fourth-order valence-corrected chi connectivity index (χ4v) is 3.68. The van der Waals surface area contributed by atoms with E-state index in [1.165, 1.54) is 12.8 Å². The lowest BCUT2D eigenvalue weighted by Crippen LogP contribution is -2.40. The van der Waals surface area contributed by atoms with E-state index >= 15 is 0 Å². The van der Waals surface area contributed by atoms with Crippen LogP contribution in [-0.2, 0) is 17.9 Å². The molecule has 1 amide bonds. The number of anilines is 1. The van der Waals surface area contributed by atoms with Crippen molar-refractivity contribution in [2.24, 2.45) is 0 Å². The minimum atomic E-state index is 0.114. The highest BCUT2D eigenvalue weighted by Crippen LogP contribution is 2.30. The average molecular weight is 369 g/mol. The van der Waals surface area contributed by atoms with Crippen LogP contribution in [0.2, 0.25) is 0 Å². The quantitative estimate of drug-likeness (QED) is 0.812. The van der Waals surface area contributed by atoms with Gasteiger partial charge in [-0.05, 0) is 39.8 Å². The van der Waals surface area contributed by atoms with E-state index in [0.29, 0.717) is 25.7 Å². The Labute approximate surface area is 159 Å².